The summed E-state index contributed by atoms with van der Waals surface area (Å²) in [7, 11) is 1.84. The second kappa shape index (κ2) is 2.51. The normalized spacial score (nSPS) is 28.2. The van der Waals surface area contributed by atoms with Gasteiger partial charge in [-0.1, -0.05) is 11.8 Å². The van der Waals surface area contributed by atoms with Gasteiger partial charge in [0.1, 0.15) is 0 Å². The van der Waals surface area contributed by atoms with Gasteiger partial charge in [-0.05, 0) is 19.5 Å². The van der Waals surface area contributed by atoms with Crippen LogP contribution in [0.2, 0.25) is 0 Å². The molecule has 0 amide bonds. The van der Waals surface area contributed by atoms with Crippen molar-refractivity contribution in [2.24, 2.45) is 0 Å². The van der Waals surface area contributed by atoms with E-state index < -0.39 is 0 Å². The highest BCUT2D eigenvalue weighted by Gasteiger charge is 2.14. The molecule has 1 atom stereocenters. The molecular formula is C5H8FNS. The molecule has 0 aromatic heterocycles. The molecule has 46 valence electrons. The first-order valence-electron chi connectivity index (χ1n) is 2.52. The van der Waals surface area contributed by atoms with Crippen LogP contribution in [-0.2, 0) is 0 Å². The molecule has 1 unspecified atom stereocenters. The predicted molar refractivity (Wildman–Crippen MR) is 34.2 cm³/mol. The van der Waals surface area contributed by atoms with E-state index in [9.17, 15) is 4.39 Å². The maximum atomic E-state index is 12.1. The molecule has 0 aromatic carbocycles. The molecule has 0 radical (unpaired) electrons. The van der Waals surface area contributed by atoms with Crippen molar-refractivity contribution >= 4 is 11.8 Å². The van der Waals surface area contributed by atoms with Gasteiger partial charge in [-0.15, -0.1) is 0 Å². The molecule has 1 rings (SSSR count). The SMILES string of the molecule is CNC1CC=C(F)S1. The molecule has 0 aromatic rings. The van der Waals surface area contributed by atoms with Crippen LogP contribution in [0.5, 0.6) is 0 Å². The average Bonchev–Trinajstić information content (AvgIpc) is 2.14. The summed E-state index contributed by atoms with van der Waals surface area (Å²) in [5.74, 6) is 0. The highest BCUT2D eigenvalue weighted by atomic mass is 32.2. The maximum Gasteiger partial charge on any atom is 0.154 e. The lowest BCUT2D eigenvalue weighted by Crippen LogP contribution is -2.17. The van der Waals surface area contributed by atoms with Crippen molar-refractivity contribution in [3.05, 3.63) is 11.2 Å². The van der Waals surface area contributed by atoms with E-state index in [0.29, 0.717) is 0 Å². The summed E-state index contributed by atoms with van der Waals surface area (Å²) in [5.41, 5.74) is 0. The Balaban J connectivity index is 2.32. The molecule has 1 nitrogen and oxygen atoms in total. The van der Waals surface area contributed by atoms with E-state index in [1.54, 1.807) is 6.08 Å². The molecule has 0 aliphatic carbocycles. The Labute approximate surface area is 52.3 Å². The first-order chi connectivity index (χ1) is 3.83. The first-order valence-corrected chi connectivity index (χ1v) is 3.40. The van der Waals surface area contributed by atoms with Gasteiger partial charge in [0.05, 0.1) is 5.37 Å². The van der Waals surface area contributed by atoms with Gasteiger partial charge in [-0.25, -0.2) is 0 Å². The highest BCUT2D eigenvalue weighted by molar-refractivity contribution is 8.03. The molecular weight excluding hydrogens is 125 g/mol. The summed E-state index contributed by atoms with van der Waals surface area (Å²) in [6, 6.07) is 0. The summed E-state index contributed by atoms with van der Waals surface area (Å²) in [5, 5.41) is 3.19. The lowest BCUT2D eigenvalue weighted by molar-refractivity contribution is 0.699. The summed E-state index contributed by atoms with van der Waals surface area (Å²) in [6.07, 6.45) is 2.42. The zero-order valence-corrected chi connectivity index (χ0v) is 5.46. The molecule has 1 N–H and O–H groups in total. The lowest BCUT2D eigenvalue weighted by atomic mass is 10.4. The third-order valence-corrected chi connectivity index (χ3v) is 2.17. The molecule has 0 bridgehead atoms. The zero-order valence-electron chi connectivity index (χ0n) is 4.65. The van der Waals surface area contributed by atoms with Gasteiger partial charge in [0, 0.05) is 0 Å². The molecule has 1 aliphatic heterocycles. The van der Waals surface area contributed by atoms with Crippen molar-refractivity contribution in [3.8, 4) is 0 Å². The molecule has 0 fully saturated rings. The number of hydrogen-bond acceptors (Lipinski definition) is 2. The fraction of sp³-hybridized carbons (Fsp3) is 0.600. The van der Waals surface area contributed by atoms with E-state index in [1.807, 2.05) is 7.05 Å². The van der Waals surface area contributed by atoms with Crippen LogP contribution < -0.4 is 5.32 Å². The third-order valence-electron chi connectivity index (χ3n) is 1.07. The van der Waals surface area contributed by atoms with E-state index in [-0.39, 0.29) is 10.5 Å². The average molecular weight is 133 g/mol. The second-order valence-electron chi connectivity index (χ2n) is 1.64. The quantitative estimate of drug-likeness (QED) is 0.581. The smallest absolute Gasteiger partial charge is 0.154 e. The van der Waals surface area contributed by atoms with E-state index in [2.05, 4.69) is 5.32 Å². The fourth-order valence-corrected chi connectivity index (χ4v) is 1.38. The van der Waals surface area contributed by atoms with Crippen molar-refractivity contribution in [2.45, 2.75) is 11.8 Å². The zero-order chi connectivity index (χ0) is 5.98. The van der Waals surface area contributed by atoms with Gasteiger partial charge < -0.3 is 5.32 Å². The van der Waals surface area contributed by atoms with Crippen molar-refractivity contribution in [2.75, 3.05) is 7.05 Å². The van der Waals surface area contributed by atoms with E-state index in [1.165, 1.54) is 11.8 Å². The van der Waals surface area contributed by atoms with Crippen LogP contribution in [0, 0.1) is 0 Å². The summed E-state index contributed by atoms with van der Waals surface area (Å²) < 4.78 is 12.1. The van der Waals surface area contributed by atoms with Crippen LogP contribution in [0.3, 0.4) is 0 Å². The van der Waals surface area contributed by atoms with E-state index in [4.69, 9.17) is 0 Å². The van der Waals surface area contributed by atoms with Gasteiger partial charge >= 0.3 is 0 Å². The number of thioether (sulfide) groups is 1. The number of hydrogen-bond donors (Lipinski definition) is 1. The van der Waals surface area contributed by atoms with Crippen LogP contribution in [0.25, 0.3) is 0 Å². The minimum Gasteiger partial charge on any atom is -0.308 e. The number of rotatable bonds is 1. The molecule has 1 aliphatic rings. The lowest BCUT2D eigenvalue weighted by Gasteiger charge is -2.03. The Morgan fingerprint density at radius 3 is 3.00 bits per heavy atom. The van der Waals surface area contributed by atoms with Crippen LogP contribution in [0.1, 0.15) is 6.42 Å². The molecule has 0 saturated heterocycles. The standard InChI is InChI=1S/C5H8FNS/c1-7-5-3-2-4(6)8-5/h2,5,7H,3H2,1H3. The predicted octanol–water partition coefficient (Wildman–Crippen LogP) is 1.48. The summed E-state index contributed by atoms with van der Waals surface area (Å²) >= 11 is 1.25. The topological polar surface area (TPSA) is 12.0 Å². The van der Waals surface area contributed by atoms with Gasteiger partial charge in [0.2, 0.25) is 0 Å². The number of halogens is 1. The Morgan fingerprint density at radius 2 is 2.75 bits per heavy atom. The molecule has 0 saturated carbocycles. The van der Waals surface area contributed by atoms with Gasteiger partial charge in [0.25, 0.3) is 0 Å². The van der Waals surface area contributed by atoms with Crippen LogP contribution in [-0.4, -0.2) is 12.4 Å². The first kappa shape index (κ1) is 6.11. The number of nitrogens with one attached hydrogen (secondary N) is 1. The Hall–Kier alpha value is -0.0200. The van der Waals surface area contributed by atoms with E-state index >= 15 is 0 Å². The Kier molecular flexibility index (Phi) is 1.91. The van der Waals surface area contributed by atoms with Crippen molar-refractivity contribution < 1.29 is 4.39 Å². The monoisotopic (exact) mass is 133 g/mol. The molecule has 8 heavy (non-hydrogen) atoms. The van der Waals surface area contributed by atoms with Gasteiger partial charge in [-0.2, -0.15) is 4.39 Å². The third kappa shape index (κ3) is 1.23. The van der Waals surface area contributed by atoms with Crippen LogP contribution >= 0.6 is 11.8 Å². The molecule has 1 heterocycles. The summed E-state index contributed by atoms with van der Waals surface area (Å²) in [4.78, 5) is 0. The van der Waals surface area contributed by atoms with Crippen LogP contribution in [0.4, 0.5) is 4.39 Å². The van der Waals surface area contributed by atoms with Crippen molar-refractivity contribution in [1.82, 2.24) is 5.32 Å². The van der Waals surface area contributed by atoms with Gasteiger partial charge in [0.15, 0.2) is 5.16 Å². The van der Waals surface area contributed by atoms with Crippen LogP contribution in [0.15, 0.2) is 11.2 Å². The van der Waals surface area contributed by atoms with Gasteiger partial charge in [-0.3, -0.25) is 0 Å². The summed E-state index contributed by atoms with van der Waals surface area (Å²) in [6.45, 7) is 0. The largest absolute Gasteiger partial charge is 0.308 e. The van der Waals surface area contributed by atoms with Crippen molar-refractivity contribution in [1.29, 1.82) is 0 Å². The minimum absolute atomic E-state index is 0.0515. The Morgan fingerprint density at radius 1 is 2.00 bits per heavy atom. The second-order valence-corrected chi connectivity index (χ2v) is 2.83. The molecule has 3 heteroatoms. The molecule has 0 spiro atoms. The van der Waals surface area contributed by atoms with E-state index in [0.717, 1.165) is 6.42 Å². The minimum atomic E-state index is -0.0515. The maximum absolute atomic E-state index is 12.1. The highest BCUT2D eigenvalue weighted by Crippen LogP contribution is 2.30. The Bertz CT molecular complexity index is 113. The van der Waals surface area contributed by atoms with Crippen molar-refractivity contribution in [3.63, 3.8) is 0 Å². The fourth-order valence-electron chi connectivity index (χ4n) is 0.609.